The number of rotatable bonds is 3. The normalized spacial score (nSPS) is 17.5. The highest BCUT2D eigenvalue weighted by molar-refractivity contribution is 7.89. The lowest BCUT2D eigenvalue weighted by atomic mass is 9.89. The maximum atomic E-state index is 12.8. The zero-order valence-electron chi connectivity index (χ0n) is 13.7. The van der Waals surface area contributed by atoms with Gasteiger partial charge in [0.25, 0.3) is 10.0 Å². The van der Waals surface area contributed by atoms with Crippen LogP contribution in [0.1, 0.15) is 35.7 Å². The number of piperidine rings is 1. The minimum atomic E-state index is -3.47. The first-order chi connectivity index (χ1) is 10.9. The third-order valence-electron chi connectivity index (χ3n) is 4.76. The number of hydrogen-bond acceptors (Lipinski definition) is 4. The van der Waals surface area contributed by atoms with Crippen LogP contribution in [-0.2, 0) is 17.1 Å². The Balaban J connectivity index is 1.76. The Morgan fingerprint density at radius 2 is 1.87 bits per heavy atom. The Morgan fingerprint density at radius 1 is 1.17 bits per heavy atom. The summed E-state index contributed by atoms with van der Waals surface area (Å²) in [5.74, 6) is 1.08. The highest BCUT2D eigenvalue weighted by Crippen LogP contribution is 2.31. The zero-order valence-corrected chi connectivity index (χ0v) is 14.5. The summed E-state index contributed by atoms with van der Waals surface area (Å²) < 4.78 is 28.8. The average molecular weight is 334 g/mol. The maximum Gasteiger partial charge on any atom is 0.260 e. The predicted molar refractivity (Wildman–Crippen MR) is 87.7 cm³/mol. The Hall–Kier alpha value is -1.73. The summed E-state index contributed by atoms with van der Waals surface area (Å²) in [6.07, 6.45) is 6.80. The van der Waals surface area contributed by atoms with E-state index in [1.807, 2.05) is 12.3 Å². The quantitative estimate of drug-likeness (QED) is 0.861. The number of imidazole rings is 1. The molecule has 6 nitrogen and oxygen atoms in total. The lowest BCUT2D eigenvalue weighted by molar-refractivity contribution is 0.317. The molecular weight excluding hydrogens is 312 g/mol. The molecule has 7 heteroatoms. The third-order valence-corrected chi connectivity index (χ3v) is 6.71. The van der Waals surface area contributed by atoms with E-state index in [2.05, 4.69) is 16.9 Å². The van der Waals surface area contributed by atoms with E-state index in [0.29, 0.717) is 24.8 Å². The molecule has 0 N–H and O–H groups in total. The van der Waals surface area contributed by atoms with Gasteiger partial charge >= 0.3 is 0 Å². The molecule has 0 unspecified atom stereocenters. The van der Waals surface area contributed by atoms with Crippen molar-refractivity contribution in [1.82, 2.24) is 18.8 Å². The monoisotopic (exact) mass is 334 g/mol. The molecule has 0 atom stereocenters. The van der Waals surface area contributed by atoms with Gasteiger partial charge in [0.2, 0.25) is 0 Å². The van der Waals surface area contributed by atoms with Crippen LogP contribution in [0.5, 0.6) is 0 Å². The summed E-state index contributed by atoms with van der Waals surface area (Å²) in [5, 5.41) is 0.269. The van der Waals surface area contributed by atoms with Crippen LogP contribution in [0.3, 0.4) is 0 Å². The van der Waals surface area contributed by atoms with E-state index in [0.717, 1.165) is 12.8 Å². The average Bonchev–Trinajstić information content (AvgIpc) is 2.88. The minimum absolute atomic E-state index is 0.269. The van der Waals surface area contributed by atoms with Crippen LogP contribution in [0.2, 0.25) is 0 Å². The zero-order chi connectivity index (χ0) is 16.6. The summed E-state index contributed by atoms with van der Waals surface area (Å²) in [5.41, 5.74) is 2.46. The number of aryl methyl sites for hydroxylation is 2. The minimum Gasteiger partial charge on any atom is -0.321 e. The molecule has 0 radical (unpaired) electrons. The van der Waals surface area contributed by atoms with Gasteiger partial charge in [-0.15, -0.1) is 0 Å². The summed E-state index contributed by atoms with van der Waals surface area (Å²) >= 11 is 0. The fraction of sp³-hybridized carbons (Fsp3) is 0.500. The Morgan fingerprint density at radius 3 is 2.43 bits per heavy atom. The van der Waals surface area contributed by atoms with Crippen molar-refractivity contribution in [2.45, 2.75) is 37.6 Å². The number of sulfonamides is 1. The molecule has 0 aromatic carbocycles. The summed E-state index contributed by atoms with van der Waals surface area (Å²) in [6, 6.07) is 2.01. The molecule has 0 saturated carbocycles. The van der Waals surface area contributed by atoms with Gasteiger partial charge in [-0.3, -0.25) is 4.98 Å². The molecule has 0 bridgehead atoms. The van der Waals surface area contributed by atoms with E-state index in [9.17, 15) is 8.42 Å². The first kappa shape index (κ1) is 16.1. The Labute approximate surface area is 137 Å². The molecule has 1 aliphatic rings. The van der Waals surface area contributed by atoms with Gasteiger partial charge in [-0.25, -0.2) is 13.4 Å². The number of hydrogen-bond donors (Lipinski definition) is 0. The predicted octanol–water partition coefficient (Wildman–Crippen LogP) is 2.00. The van der Waals surface area contributed by atoms with E-state index in [1.165, 1.54) is 17.3 Å². The smallest absolute Gasteiger partial charge is 0.260 e. The molecule has 0 spiro atoms. The molecule has 2 aromatic rings. The van der Waals surface area contributed by atoms with Crippen LogP contribution in [0, 0.1) is 13.8 Å². The second kappa shape index (κ2) is 6.05. The molecule has 3 heterocycles. The fourth-order valence-corrected chi connectivity index (χ4v) is 4.78. The van der Waals surface area contributed by atoms with Crippen molar-refractivity contribution < 1.29 is 8.42 Å². The van der Waals surface area contributed by atoms with Crippen molar-refractivity contribution >= 4 is 10.0 Å². The topological polar surface area (TPSA) is 68.1 Å². The van der Waals surface area contributed by atoms with E-state index >= 15 is 0 Å². The molecule has 0 amide bonds. The first-order valence-electron chi connectivity index (χ1n) is 7.80. The van der Waals surface area contributed by atoms with Gasteiger partial charge in [0.05, 0.1) is 6.20 Å². The number of nitrogens with zero attached hydrogens (tertiary/aromatic N) is 4. The third kappa shape index (κ3) is 2.90. The molecule has 1 aliphatic heterocycles. The summed E-state index contributed by atoms with van der Waals surface area (Å²) in [7, 11) is -1.73. The van der Waals surface area contributed by atoms with Crippen molar-refractivity contribution in [3.05, 3.63) is 41.6 Å². The van der Waals surface area contributed by atoms with Gasteiger partial charge < -0.3 is 4.57 Å². The van der Waals surface area contributed by atoms with Crippen molar-refractivity contribution in [3.63, 3.8) is 0 Å². The molecule has 124 valence electrons. The molecule has 2 aromatic heterocycles. The maximum absolute atomic E-state index is 12.8. The Bertz CT molecular complexity index is 805. The molecular formula is C16H22N4O2S. The number of aromatic nitrogens is 3. The van der Waals surface area contributed by atoms with Crippen molar-refractivity contribution in [3.8, 4) is 0 Å². The molecule has 23 heavy (non-hydrogen) atoms. The van der Waals surface area contributed by atoms with E-state index in [-0.39, 0.29) is 5.03 Å². The van der Waals surface area contributed by atoms with Crippen molar-refractivity contribution in [2.24, 2.45) is 7.05 Å². The van der Waals surface area contributed by atoms with Crippen molar-refractivity contribution in [2.75, 3.05) is 13.1 Å². The summed E-state index contributed by atoms with van der Waals surface area (Å²) in [6.45, 7) is 4.95. The van der Waals surface area contributed by atoms with Crippen LogP contribution in [0.15, 0.2) is 29.7 Å². The molecule has 0 aliphatic carbocycles. The van der Waals surface area contributed by atoms with Crippen LogP contribution < -0.4 is 0 Å². The van der Waals surface area contributed by atoms with Gasteiger partial charge in [-0.2, -0.15) is 4.31 Å². The first-order valence-corrected chi connectivity index (χ1v) is 9.24. The van der Waals surface area contributed by atoms with Crippen LogP contribution in [-0.4, -0.2) is 40.3 Å². The van der Waals surface area contributed by atoms with Crippen LogP contribution in [0.25, 0.3) is 0 Å². The van der Waals surface area contributed by atoms with Crippen LogP contribution in [0.4, 0.5) is 0 Å². The second-order valence-corrected chi connectivity index (χ2v) is 8.00. The number of pyridine rings is 1. The Kier molecular flexibility index (Phi) is 4.25. The molecule has 3 rings (SSSR count). The van der Waals surface area contributed by atoms with E-state index in [1.54, 1.807) is 29.0 Å². The SMILES string of the molecule is Cc1ccncc1C1CCN(S(=O)(=O)c2cnc(C)n2C)CC1. The van der Waals surface area contributed by atoms with Gasteiger partial charge in [-0.05, 0) is 49.8 Å². The van der Waals surface area contributed by atoms with Gasteiger partial charge in [0.15, 0.2) is 5.03 Å². The fourth-order valence-electron chi connectivity index (χ4n) is 3.16. The lowest BCUT2D eigenvalue weighted by Crippen LogP contribution is -2.38. The lowest BCUT2D eigenvalue weighted by Gasteiger charge is -2.31. The largest absolute Gasteiger partial charge is 0.321 e. The van der Waals surface area contributed by atoms with E-state index in [4.69, 9.17) is 0 Å². The highest BCUT2D eigenvalue weighted by Gasteiger charge is 2.32. The van der Waals surface area contributed by atoms with Crippen molar-refractivity contribution in [1.29, 1.82) is 0 Å². The van der Waals surface area contributed by atoms with Crippen LogP contribution >= 0.6 is 0 Å². The highest BCUT2D eigenvalue weighted by atomic mass is 32.2. The summed E-state index contributed by atoms with van der Waals surface area (Å²) in [4.78, 5) is 8.31. The van der Waals surface area contributed by atoms with E-state index < -0.39 is 10.0 Å². The second-order valence-electron chi connectivity index (χ2n) is 6.11. The standard InChI is InChI=1S/C16H22N4O2S/c1-12-4-7-17-10-15(12)14-5-8-20(9-6-14)23(21,22)16-11-18-13(2)19(16)3/h4,7,10-11,14H,5-6,8-9H2,1-3H3. The molecule has 1 saturated heterocycles. The van der Waals surface area contributed by atoms with Gasteiger partial charge in [0.1, 0.15) is 5.82 Å². The van der Waals surface area contributed by atoms with Gasteiger partial charge in [0, 0.05) is 32.5 Å². The molecule has 1 fully saturated rings. The van der Waals surface area contributed by atoms with Gasteiger partial charge in [-0.1, -0.05) is 0 Å².